The van der Waals surface area contributed by atoms with Crippen LogP contribution in [0.25, 0.3) is 5.76 Å². The van der Waals surface area contributed by atoms with E-state index in [9.17, 15) is 19.8 Å². The third-order valence-electron chi connectivity index (χ3n) is 4.41. The number of rotatable bonds is 5. The van der Waals surface area contributed by atoms with Crippen molar-refractivity contribution in [3.05, 3.63) is 70.3 Å². The van der Waals surface area contributed by atoms with Crippen LogP contribution >= 0.6 is 11.6 Å². The molecule has 1 saturated heterocycles. The molecule has 7 heteroatoms. The van der Waals surface area contributed by atoms with Gasteiger partial charge in [0.05, 0.1) is 25.3 Å². The predicted octanol–water partition coefficient (Wildman–Crippen LogP) is 2.76. The summed E-state index contributed by atoms with van der Waals surface area (Å²) in [5.74, 6) is -1.32. The van der Waals surface area contributed by atoms with Crippen molar-refractivity contribution in [3.63, 3.8) is 0 Å². The zero-order valence-electron chi connectivity index (χ0n) is 14.6. The molecule has 0 aliphatic carbocycles. The highest BCUT2D eigenvalue weighted by atomic mass is 35.5. The van der Waals surface area contributed by atoms with Gasteiger partial charge in [-0.1, -0.05) is 23.7 Å². The van der Waals surface area contributed by atoms with Crippen LogP contribution in [0.4, 0.5) is 0 Å². The number of hydrogen-bond donors (Lipinski definition) is 2. The SMILES string of the molecule is COc1cccc([C@H]2C(=C(O)c3ccc(Cl)cc3)C(=O)C(=O)N2CCO)c1. The van der Waals surface area contributed by atoms with Crippen LogP contribution < -0.4 is 4.74 Å². The van der Waals surface area contributed by atoms with Gasteiger partial charge in [0, 0.05) is 17.1 Å². The van der Waals surface area contributed by atoms with Crippen LogP contribution in [-0.4, -0.2) is 47.1 Å². The van der Waals surface area contributed by atoms with Gasteiger partial charge in [-0.25, -0.2) is 0 Å². The van der Waals surface area contributed by atoms with Crippen molar-refractivity contribution >= 4 is 29.1 Å². The van der Waals surface area contributed by atoms with E-state index in [1.807, 2.05) is 0 Å². The number of aliphatic hydroxyl groups is 2. The smallest absolute Gasteiger partial charge is 0.295 e. The maximum atomic E-state index is 12.7. The Morgan fingerprint density at radius 1 is 1.19 bits per heavy atom. The number of nitrogens with zero attached hydrogens (tertiary/aromatic N) is 1. The van der Waals surface area contributed by atoms with Crippen LogP contribution in [-0.2, 0) is 9.59 Å². The monoisotopic (exact) mass is 387 g/mol. The van der Waals surface area contributed by atoms with Crippen molar-refractivity contribution in [2.24, 2.45) is 0 Å². The fourth-order valence-corrected chi connectivity index (χ4v) is 3.27. The normalized spacial score (nSPS) is 18.8. The molecule has 1 aliphatic rings. The van der Waals surface area contributed by atoms with E-state index >= 15 is 0 Å². The third-order valence-corrected chi connectivity index (χ3v) is 4.66. The summed E-state index contributed by atoms with van der Waals surface area (Å²) < 4.78 is 5.23. The molecule has 2 aromatic rings. The molecule has 1 fully saturated rings. The number of carbonyl (C=O) groups is 2. The Kier molecular flexibility index (Phi) is 5.48. The van der Waals surface area contributed by atoms with Gasteiger partial charge < -0.3 is 19.8 Å². The molecule has 0 saturated carbocycles. The number of methoxy groups -OCH3 is 1. The van der Waals surface area contributed by atoms with Gasteiger partial charge in [0.25, 0.3) is 11.7 Å². The fourth-order valence-electron chi connectivity index (χ4n) is 3.14. The quantitative estimate of drug-likeness (QED) is 0.468. The molecule has 0 aromatic heterocycles. The Morgan fingerprint density at radius 2 is 1.89 bits per heavy atom. The standard InChI is InChI=1S/C20H18ClNO5/c1-27-15-4-2-3-13(11-15)17-16(19(25)20(26)22(17)9-10-23)18(24)12-5-7-14(21)8-6-12/h2-8,11,17,23-24H,9-10H2,1H3/t17-/m0/s1. The van der Waals surface area contributed by atoms with Crippen molar-refractivity contribution in [2.75, 3.05) is 20.3 Å². The Labute approximate surface area is 161 Å². The summed E-state index contributed by atoms with van der Waals surface area (Å²) in [6.07, 6.45) is 0. The number of carbonyl (C=O) groups excluding carboxylic acids is 2. The van der Waals surface area contributed by atoms with Gasteiger partial charge in [0.1, 0.15) is 11.5 Å². The summed E-state index contributed by atoms with van der Waals surface area (Å²) in [4.78, 5) is 26.4. The highest BCUT2D eigenvalue weighted by Gasteiger charge is 2.45. The number of Topliss-reactive ketones (excluding diaryl/α,β-unsaturated/α-hetero) is 1. The maximum absolute atomic E-state index is 12.7. The van der Waals surface area contributed by atoms with Gasteiger partial charge in [-0.15, -0.1) is 0 Å². The van der Waals surface area contributed by atoms with Gasteiger partial charge in [-0.3, -0.25) is 9.59 Å². The Bertz CT molecular complexity index is 907. The molecule has 0 unspecified atom stereocenters. The number of ether oxygens (including phenoxy) is 1. The van der Waals surface area contributed by atoms with Gasteiger partial charge >= 0.3 is 0 Å². The number of aliphatic hydroxyl groups excluding tert-OH is 2. The van der Waals surface area contributed by atoms with Crippen molar-refractivity contribution in [1.29, 1.82) is 0 Å². The lowest BCUT2D eigenvalue weighted by Crippen LogP contribution is -2.32. The number of hydrogen-bond acceptors (Lipinski definition) is 5. The van der Waals surface area contributed by atoms with Crippen molar-refractivity contribution in [3.8, 4) is 5.75 Å². The molecule has 27 heavy (non-hydrogen) atoms. The lowest BCUT2D eigenvalue weighted by molar-refractivity contribution is -0.140. The number of halogens is 1. The van der Waals surface area contributed by atoms with Crippen LogP contribution in [0.5, 0.6) is 5.75 Å². The topological polar surface area (TPSA) is 87.1 Å². The number of β-amino-alcohol motifs (C(OH)–C–C–N with tert-alkyl or cyclic N) is 1. The largest absolute Gasteiger partial charge is 0.507 e. The minimum absolute atomic E-state index is 0.0378. The van der Waals surface area contributed by atoms with E-state index in [0.717, 1.165) is 0 Å². The molecule has 2 N–H and O–H groups in total. The van der Waals surface area contributed by atoms with Gasteiger partial charge in [0.2, 0.25) is 0 Å². The number of amides is 1. The van der Waals surface area contributed by atoms with E-state index in [0.29, 0.717) is 21.9 Å². The van der Waals surface area contributed by atoms with E-state index in [4.69, 9.17) is 16.3 Å². The van der Waals surface area contributed by atoms with Crippen LogP contribution in [0.1, 0.15) is 17.2 Å². The second-order valence-corrected chi connectivity index (χ2v) is 6.44. The van der Waals surface area contributed by atoms with Crippen LogP contribution in [0.15, 0.2) is 54.1 Å². The number of ketones is 1. The maximum Gasteiger partial charge on any atom is 0.295 e. The van der Waals surface area contributed by atoms with E-state index in [1.165, 1.54) is 12.0 Å². The summed E-state index contributed by atoms with van der Waals surface area (Å²) in [6.45, 7) is -0.349. The van der Waals surface area contributed by atoms with Crippen LogP contribution in [0.2, 0.25) is 5.02 Å². The third kappa shape index (κ3) is 3.54. The van der Waals surface area contributed by atoms with Gasteiger partial charge in [-0.05, 0) is 42.0 Å². The first kappa shape index (κ1) is 18.9. The van der Waals surface area contributed by atoms with E-state index in [2.05, 4.69) is 0 Å². The summed E-state index contributed by atoms with van der Waals surface area (Å²) in [5.41, 5.74) is 0.927. The number of benzene rings is 2. The van der Waals surface area contributed by atoms with Gasteiger partial charge in [-0.2, -0.15) is 0 Å². The Morgan fingerprint density at radius 3 is 2.52 bits per heavy atom. The highest BCUT2D eigenvalue weighted by molar-refractivity contribution is 6.46. The molecule has 2 aromatic carbocycles. The number of likely N-dealkylation sites (tertiary alicyclic amines) is 1. The zero-order valence-corrected chi connectivity index (χ0v) is 15.3. The summed E-state index contributed by atoms with van der Waals surface area (Å²) in [7, 11) is 1.51. The molecule has 1 aliphatic heterocycles. The van der Waals surface area contributed by atoms with E-state index in [1.54, 1.807) is 48.5 Å². The predicted molar refractivity (Wildman–Crippen MR) is 101 cm³/mol. The second-order valence-electron chi connectivity index (χ2n) is 6.00. The van der Waals surface area contributed by atoms with Crippen LogP contribution in [0.3, 0.4) is 0 Å². The Balaban J connectivity index is 2.18. The Hall–Kier alpha value is -2.83. The average Bonchev–Trinajstić information content (AvgIpc) is 2.93. The van der Waals surface area contributed by atoms with Gasteiger partial charge in [0.15, 0.2) is 0 Å². The lowest BCUT2D eigenvalue weighted by Gasteiger charge is -2.24. The zero-order chi connectivity index (χ0) is 19.6. The minimum Gasteiger partial charge on any atom is -0.507 e. The summed E-state index contributed by atoms with van der Waals surface area (Å²) >= 11 is 5.88. The molecule has 3 rings (SSSR count). The van der Waals surface area contributed by atoms with E-state index in [-0.39, 0.29) is 24.5 Å². The lowest BCUT2D eigenvalue weighted by atomic mass is 9.95. The molecule has 0 radical (unpaired) electrons. The van der Waals surface area contributed by atoms with E-state index < -0.39 is 17.7 Å². The molecule has 0 spiro atoms. The molecule has 1 amide bonds. The first-order chi connectivity index (χ1) is 13.0. The van der Waals surface area contributed by atoms with Crippen molar-refractivity contribution in [1.82, 2.24) is 4.90 Å². The second kappa shape index (κ2) is 7.82. The average molecular weight is 388 g/mol. The molecule has 1 heterocycles. The molecule has 0 bridgehead atoms. The van der Waals surface area contributed by atoms with Crippen LogP contribution in [0, 0.1) is 0 Å². The summed E-state index contributed by atoms with van der Waals surface area (Å²) in [6, 6.07) is 12.4. The first-order valence-corrected chi connectivity index (χ1v) is 8.65. The molecular weight excluding hydrogens is 370 g/mol. The molecule has 1 atom stereocenters. The summed E-state index contributed by atoms with van der Waals surface area (Å²) in [5, 5.41) is 20.6. The van der Waals surface area contributed by atoms with Crippen molar-refractivity contribution < 1.29 is 24.5 Å². The fraction of sp³-hybridized carbons (Fsp3) is 0.200. The molecular formula is C20H18ClNO5. The van der Waals surface area contributed by atoms with Crippen molar-refractivity contribution in [2.45, 2.75) is 6.04 Å². The first-order valence-electron chi connectivity index (χ1n) is 8.27. The highest BCUT2D eigenvalue weighted by Crippen LogP contribution is 2.40. The minimum atomic E-state index is -0.831. The molecule has 140 valence electrons. The molecule has 6 nitrogen and oxygen atoms in total.